The minimum atomic E-state index is -4.35. The van der Waals surface area contributed by atoms with Gasteiger partial charge in [-0.3, -0.25) is 4.57 Å². The fourth-order valence-electron chi connectivity index (χ4n) is 2.04. The molecule has 0 aliphatic carbocycles. The lowest BCUT2D eigenvalue weighted by Gasteiger charge is -2.10. The number of aromatic nitrogens is 4. The molecule has 3 rings (SSSR count). The van der Waals surface area contributed by atoms with Gasteiger partial charge in [0, 0.05) is 25.0 Å². The van der Waals surface area contributed by atoms with Crippen molar-refractivity contribution in [1.82, 2.24) is 19.5 Å². The molecule has 0 radical (unpaired) electrons. The van der Waals surface area contributed by atoms with Crippen LogP contribution < -0.4 is 10.1 Å². The summed E-state index contributed by atoms with van der Waals surface area (Å²) in [6.45, 7) is -0.845. The van der Waals surface area contributed by atoms with Gasteiger partial charge < -0.3 is 10.1 Å². The van der Waals surface area contributed by atoms with Crippen LogP contribution >= 0.6 is 0 Å². The van der Waals surface area contributed by atoms with Crippen LogP contribution in [0.25, 0.3) is 5.82 Å². The number of nitrogens with zero attached hydrogens (tertiary/aromatic N) is 4. The molecule has 130 valence electrons. The number of benzene rings is 1. The minimum absolute atomic E-state index is 0.172. The van der Waals surface area contributed by atoms with E-state index in [1.807, 2.05) is 0 Å². The second-order valence-corrected chi connectivity index (χ2v) is 5.13. The summed E-state index contributed by atoms with van der Waals surface area (Å²) in [4.78, 5) is 12.2. The molecule has 0 fully saturated rings. The molecular weight excluding hydrogens is 335 g/mol. The van der Waals surface area contributed by atoms with Crippen molar-refractivity contribution in [1.29, 1.82) is 0 Å². The maximum absolute atomic E-state index is 12.1. The van der Waals surface area contributed by atoms with Gasteiger partial charge in [-0.25, -0.2) is 15.0 Å². The van der Waals surface area contributed by atoms with Crippen LogP contribution in [-0.4, -0.2) is 32.3 Å². The smallest absolute Gasteiger partial charge is 0.422 e. The van der Waals surface area contributed by atoms with Crippen molar-refractivity contribution in [3.63, 3.8) is 0 Å². The van der Waals surface area contributed by atoms with Crippen LogP contribution in [0.4, 0.5) is 19.0 Å². The maximum Gasteiger partial charge on any atom is 0.422 e. The number of ether oxygens (including phenoxy) is 1. The zero-order valence-electron chi connectivity index (χ0n) is 12.9. The Morgan fingerprint density at radius 2 is 1.92 bits per heavy atom. The van der Waals surface area contributed by atoms with E-state index >= 15 is 0 Å². The highest BCUT2D eigenvalue weighted by Gasteiger charge is 2.28. The zero-order chi connectivity index (χ0) is 17.7. The Morgan fingerprint density at radius 1 is 1.12 bits per heavy atom. The molecule has 25 heavy (non-hydrogen) atoms. The topological polar surface area (TPSA) is 64.9 Å². The quantitative estimate of drug-likeness (QED) is 0.740. The monoisotopic (exact) mass is 349 g/mol. The van der Waals surface area contributed by atoms with Gasteiger partial charge in [-0.2, -0.15) is 13.2 Å². The Kier molecular flexibility index (Phi) is 4.82. The van der Waals surface area contributed by atoms with E-state index in [4.69, 9.17) is 0 Å². The van der Waals surface area contributed by atoms with Crippen LogP contribution in [0, 0.1) is 0 Å². The lowest BCUT2D eigenvalue weighted by Crippen LogP contribution is -2.19. The maximum atomic E-state index is 12.1. The van der Waals surface area contributed by atoms with Crippen LogP contribution in [0.2, 0.25) is 0 Å². The summed E-state index contributed by atoms with van der Waals surface area (Å²) in [5, 5.41) is 3.13. The molecule has 0 amide bonds. The van der Waals surface area contributed by atoms with E-state index in [0.29, 0.717) is 18.2 Å². The van der Waals surface area contributed by atoms with Crippen molar-refractivity contribution in [2.75, 3.05) is 11.9 Å². The van der Waals surface area contributed by atoms with E-state index in [9.17, 15) is 13.2 Å². The predicted molar refractivity (Wildman–Crippen MR) is 84.5 cm³/mol. The van der Waals surface area contributed by atoms with Gasteiger partial charge in [0.15, 0.2) is 6.61 Å². The predicted octanol–water partition coefficient (Wildman–Crippen LogP) is 3.22. The molecule has 3 aromatic rings. The lowest BCUT2D eigenvalue weighted by molar-refractivity contribution is -0.153. The number of hydrogen-bond donors (Lipinski definition) is 1. The number of hydrogen-bond acceptors (Lipinski definition) is 5. The number of rotatable bonds is 6. The van der Waals surface area contributed by atoms with Gasteiger partial charge in [0.05, 0.1) is 0 Å². The van der Waals surface area contributed by atoms with Crippen molar-refractivity contribution >= 4 is 5.82 Å². The second kappa shape index (κ2) is 7.20. The lowest BCUT2D eigenvalue weighted by atomic mass is 10.2. The number of imidazole rings is 1. The van der Waals surface area contributed by atoms with E-state index in [-0.39, 0.29) is 5.75 Å². The Morgan fingerprint density at radius 3 is 2.60 bits per heavy atom. The first-order valence-electron chi connectivity index (χ1n) is 7.32. The largest absolute Gasteiger partial charge is 0.484 e. The SMILES string of the molecule is FC(F)(F)COc1ccc(CNc2cc(-n3ccnc3)ncn2)cc1. The molecule has 1 aromatic carbocycles. The zero-order valence-corrected chi connectivity index (χ0v) is 12.9. The summed E-state index contributed by atoms with van der Waals surface area (Å²) in [5.74, 6) is 1.47. The fraction of sp³-hybridized carbons (Fsp3) is 0.188. The molecule has 0 atom stereocenters. The number of anilines is 1. The van der Waals surface area contributed by atoms with Gasteiger partial charge >= 0.3 is 6.18 Å². The summed E-state index contributed by atoms with van der Waals surface area (Å²) in [5.41, 5.74) is 0.877. The Bertz CT molecular complexity index is 803. The third-order valence-electron chi connectivity index (χ3n) is 3.22. The molecular formula is C16H14F3N5O. The average Bonchev–Trinajstić information content (AvgIpc) is 3.13. The van der Waals surface area contributed by atoms with Crippen LogP contribution in [-0.2, 0) is 6.54 Å². The van der Waals surface area contributed by atoms with Crippen LogP contribution in [0.5, 0.6) is 5.75 Å². The third-order valence-corrected chi connectivity index (χ3v) is 3.22. The fourth-order valence-corrected chi connectivity index (χ4v) is 2.04. The van der Waals surface area contributed by atoms with E-state index in [2.05, 4.69) is 25.0 Å². The molecule has 0 saturated carbocycles. The third kappa shape index (κ3) is 4.93. The average molecular weight is 349 g/mol. The summed E-state index contributed by atoms with van der Waals surface area (Å²) >= 11 is 0. The van der Waals surface area contributed by atoms with Gasteiger partial charge in [0.25, 0.3) is 0 Å². The first-order valence-corrected chi connectivity index (χ1v) is 7.32. The van der Waals surface area contributed by atoms with Crippen molar-refractivity contribution in [2.24, 2.45) is 0 Å². The molecule has 9 heteroatoms. The van der Waals surface area contributed by atoms with Gasteiger partial charge in [-0.15, -0.1) is 0 Å². The van der Waals surface area contributed by atoms with E-state index in [1.165, 1.54) is 18.5 Å². The molecule has 0 aliphatic heterocycles. The van der Waals surface area contributed by atoms with E-state index < -0.39 is 12.8 Å². The Labute approximate surface area is 141 Å². The molecule has 6 nitrogen and oxygen atoms in total. The van der Waals surface area contributed by atoms with Crippen molar-refractivity contribution in [3.05, 3.63) is 60.9 Å². The van der Waals surface area contributed by atoms with Crippen LogP contribution in [0.15, 0.2) is 55.4 Å². The molecule has 0 aliphatic rings. The normalized spacial score (nSPS) is 11.3. The molecule has 2 aromatic heterocycles. The first-order chi connectivity index (χ1) is 12.0. The summed E-state index contributed by atoms with van der Waals surface area (Å²) in [6, 6.07) is 8.15. The summed E-state index contributed by atoms with van der Waals surface area (Å²) < 4.78 is 42.8. The van der Waals surface area contributed by atoms with Gasteiger partial charge in [0.2, 0.25) is 0 Å². The highest BCUT2D eigenvalue weighted by atomic mass is 19.4. The summed E-state index contributed by atoms with van der Waals surface area (Å²) in [7, 11) is 0. The van der Waals surface area contributed by atoms with Crippen molar-refractivity contribution < 1.29 is 17.9 Å². The number of alkyl halides is 3. The number of halogens is 3. The Balaban J connectivity index is 1.58. The molecule has 0 unspecified atom stereocenters. The molecule has 0 bridgehead atoms. The molecule has 1 N–H and O–H groups in total. The Hall–Kier alpha value is -3.10. The van der Waals surface area contributed by atoms with Gasteiger partial charge in [-0.05, 0) is 17.7 Å². The highest BCUT2D eigenvalue weighted by Crippen LogP contribution is 2.19. The minimum Gasteiger partial charge on any atom is -0.484 e. The van der Waals surface area contributed by atoms with Crippen molar-refractivity contribution in [2.45, 2.75) is 12.7 Å². The van der Waals surface area contributed by atoms with Gasteiger partial charge in [0.1, 0.15) is 30.0 Å². The van der Waals surface area contributed by atoms with Gasteiger partial charge in [-0.1, -0.05) is 12.1 Å². The summed E-state index contributed by atoms with van der Waals surface area (Å²) in [6.07, 6.45) is 2.14. The van der Waals surface area contributed by atoms with Crippen LogP contribution in [0.1, 0.15) is 5.56 Å². The van der Waals surface area contributed by atoms with Crippen LogP contribution in [0.3, 0.4) is 0 Å². The van der Waals surface area contributed by atoms with E-state index in [1.54, 1.807) is 41.5 Å². The molecule has 0 saturated heterocycles. The number of nitrogens with one attached hydrogen (secondary N) is 1. The second-order valence-electron chi connectivity index (χ2n) is 5.13. The highest BCUT2D eigenvalue weighted by molar-refractivity contribution is 5.41. The van der Waals surface area contributed by atoms with E-state index in [0.717, 1.165) is 5.56 Å². The standard InChI is InChI=1S/C16H14F3N5O/c17-16(18,19)9-25-13-3-1-12(2-4-13)8-21-14-7-15(23-10-22-14)24-6-5-20-11-24/h1-7,10-11H,8-9H2,(H,21,22,23). The first kappa shape index (κ1) is 16.7. The van der Waals surface area contributed by atoms with Crippen molar-refractivity contribution in [3.8, 4) is 11.6 Å². The molecule has 2 heterocycles. The molecule has 0 spiro atoms.